The Hall–Kier alpha value is -1.74. The average Bonchev–Trinajstić information content (AvgIpc) is 2.34. The Kier molecular flexibility index (Phi) is 3.49. The second-order valence-corrected chi connectivity index (χ2v) is 4.09. The van der Waals surface area contributed by atoms with Crippen molar-refractivity contribution in [3.63, 3.8) is 0 Å². The third-order valence-corrected chi connectivity index (χ3v) is 2.73. The summed E-state index contributed by atoms with van der Waals surface area (Å²) in [6, 6.07) is 8.52. The molecule has 17 heavy (non-hydrogen) atoms. The van der Waals surface area contributed by atoms with E-state index in [2.05, 4.69) is 4.98 Å². The molecule has 1 N–H and O–H groups in total. The number of aryl methyl sites for hydroxylation is 1. The first-order valence-electron chi connectivity index (χ1n) is 5.50. The lowest BCUT2D eigenvalue weighted by Gasteiger charge is -2.11. The van der Waals surface area contributed by atoms with Crippen molar-refractivity contribution >= 4 is 0 Å². The first kappa shape index (κ1) is 11.7. The van der Waals surface area contributed by atoms with E-state index in [1.807, 2.05) is 12.1 Å². The second kappa shape index (κ2) is 5.06. The highest BCUT2D eigenvalue weighted by molar-refractivity contribution is 5.26. The average molecular weight is 231 g/mol. The molecular formula is C14H14FNO. The molecule has 1 heterocycles. The van der Waals surface area contributed by atoms with Gasteiger partial charge < -0.3 is 5.11 Å². The SMILES string of the molecule is Cc1ccc(C(O)Cc2cccnc2)cc1F. The Labute approximate surface area is 99.8 Å². The minimum absolute atomic E-state index is 0.285. The number of benzene rings is 1. The smallest absolute Gasteiger partial charge is 0.126 e. The molecule has 0 aliphatic rings. The molecular weight excluding hydrogens is 217 g/mol. The van der Waals surface area contributed by atoms with Gasteiger partial charge in [-0.05, 0) is 35.7 Å². The molecule has 1 aromatic carbocycles. The van der Waals surface area contributed by atoms with Crippen LogP contribution in [-0.2, 0) is 6.42 Å². The predicted octanol–water partition coefficient (Wildman–Crippen LogP) is 2.81. The number of hydrogen-bond acceptors (Lipinski definition) is 2. The molecule has 0 saturated heterocycles. The van der Waals surface area contributed by atoms with Crippen LogP contribution < -0.4 is 0 Å². The molecule has 2 rings (SSSR count). The topological polar surface area (TPSA) is 33.1 Å². The van der Waals surface area contributed by atoms with E-state index in [4.69, 9.17) is 0 Å². The van der Waals surface area contributed by atoms with Crippen molar-refractivity contribution in [1.82, 2.24) is 4.98 Å². The zero-order valence-corrected chi connectivity index (χ0v) is 9.60. The van der Waals surface area contributed by atoms with Gasteiger partial charge in [-0.1, -0.05) is 18.2 Å². The van der Waals surface area contributed by atoms with Crippen LogP contribution in [0.3, 0.4) is 0 Å². The Morgan fingerprint density at radius 2 is 2.18 bits per heavy atom. The third kappa shape index (κ3) is 2.88. The molecule has 0 spiro atoms. The maximum Gasteiger partial charge on any atom is 0.126 e. The van der Waals surface area contributed by atoms with Crippen molar-refractivity contribution in [2.75, 3.05) is 0 Å². The van der Waals surface area contributed by atoms with E-state index in [1.54, 1.807) is 31.5 Å². The molecule has 0 aliphatic heterocycles. The summed E-state index contributed by atoms with van der Waals surface area (Å²) in [6.07, 6.45) is 3.13. The van der Waals surface area contributed by atoms with Crippen molar-refractivity contribution in [2.45, 2.75) is 19.4 Å². The fraction of sp³-hybridized carbons (Fsp3) is 0.214. The predicted molar refractivity (Wildman–Crippen MR) is 64.0 cm³/mol. The number of hydrogen-bond donors (Lipinski definition) is 1. The van der Waals surface area contributed by atoms with Gasteiger partial charge in [0.05, 0.1) is 6.10 Å². The number of halogens is 1. The number of aliphatic hydroxyl groups excluding tert-OH is 1. The molecule has 2 nitrogen and oxygen atoms in total. The summed E-state index contributed by atoms with van der Waals surface area (Å²) in [5.74, 6) is -0.285. The van der Waals surface area contributed by atoms with E-state index < -0.39 is 6.10 Å². The molecule has 3 heteroatoms. The number of aliphatic hydroxyl groups is 1. The molecule has 0 bridgehead atoms. The molecule has 1 atom stereocenters. The largest absolute Gasteiger partial charge is 0.388 e. The van der Waals surface area contributed by atoms with Gasteiger partial charge in [-0.2, -0.15) is 0 Å². The Bertz CT molecular complexity index is 499. The summed E-state index contributed by atoms with van der Waals surface area (Å²) in [5, 5.41) is 9.99. The fourth-order valence-electron chi connectivity index (χ4n) is 1.68. The van der Waals surface area contributed by atoms with Gasteiger partial charge in [-0.15, -0.1) is 0 Å². The zero-order chi connectivity index (χ0) is 12.3. The summed E-state index contributed by atoms with van der Waals surface area (Å²) in [4.78, 5) is 3.98. The van der Waals surface area contributed by atoms with Crippen LogP contribution in [0.5, 0.6) is 0 Å². The highest BCUT2D eigenvalue weighted by Gasteiger charge is 2.10. The van der Waals surface area contributed by atoms with E-state index >= 15 is 0 Å². The van der Waals surface area contributed by atoms with Crippen LogP contribution in [0.2, 0.25) is 0 Å². The molecule has 0 fully saturated rings. The maximum atomic E-state index is 13.4. The fourth-order valence-corrected chi connectivity index (χ4v) is 1.68. The van der Waals surface area contributed by atoms with Crippen LogP contribution in [0.4, 0.5) is 4.39 Å². The Morgan fingerprint density at radius 1 is 1.35 bits per heavy atom. The summed E-state index contributed by atoms with van der Waals surface area (Å²) >= 11 is 0. The van der Waals surface area contributed by atoms with Gasteiger partial charge in [0.1, 0.15) is 5.82 Å². The van der Waals surface area contributed by atoms with Crippen LogP contribution >= 0.6 is 0 Å². The van der Waals surface area contributed by atoms with Gasteiger partial charge >= 0.3 is 0 Å². The number of nitrogens with zero attached hydrogens (tertiary/aromatic N) is 1. The molecule has 2 aromatic rings. The van der Waals surface area contributed by atoms with Gasteiger partial charge in [0, 0.05) is 18.8 Å². The minimum atomic E-state index is -0.700. The first-order chi connectivity index (χ1) is 8.16. The van der Waals surface area contributed by atoms with Crippen LogP contribution in [0.25, 0.3) is 0 Å². The summed E-state index contributed by atoms with van der Waals surface area (Å²) in [5.41, 5.74) is 2.11. The lowest BCUT2D eigenvalue weighted by molar-refractivity contribution is 0.178. The highest BCUT2D eigenvalue weighted by Crippen LogP contribution is 2.20. The summed E-state index contributed by atoms with van der Waals surface area (Å²) < 4.78 is 13.4. The minimum Gasteiger partial charge on any atom is -0.388 e. The summed E-state index contributed by atoms with van der Waals surface area (Å²) in [6.45, 7) is 1.70. The van der Waals surface area contributed by atoms with Gasteiger partial charge in [-0.25, -0.2) is 4.39 Å². The van der Waals surface area contributed by atoms with Crippen molar-refractivity contribution < 1.29 is 9.50 Å². The highest BCUT2D eigenvalue weighted by atomic mass is 19.1. The lowest BCUT2D eigenvalue weighted by atomic mass is 10.0. The number of aromatic nitrogens is 1. The monoisotopic (exact) mass is 231 g/mol. The molecule has 0 saturated carbocycles. The van der Waals surface area contributed by atoms with Crippen LogP contribution in [0.15, 0.2) is 42.7 Å². The normalized spacial score (nSPS) is 12.4. The van der Waals surface area contributed by atoms with Crippen LogP contribution in [0.1, 0.15) is 22.8 Å². The van der Waals surface area contributed by atoms with Gasteiger partial charge in [0.25, 0.3) is 0 Å². The Balaban J connectivity index is 2.14. The molecule has 1 unspecified atom stereocenters. The maximum absolute atomic E-state index is 13.4. The standard InChI is InChI=1S/C14H14FNO/c1-10-4-5-12(8-13(10)15)14(17)7-11-3-2-6-16-9-11/h2-6,8-9,14,17H,7H2,1H3. The third-order valence-electron chi connectivity index (χ3n) is 2.73. The molecule has 0 aliphatic carbocycles. The van der Waals surface area contributed by atoms with Gasteiger partial charge in [0.15, 0.2) is 0 Å². The van der Waals surface area contributed by atoms with Crippen molar-refractivity contribution in [2.24, 2.45) is 0 Å². The van der Waals surface area contributed by atoms with Crippen LogP contribution in [-0.4, -0.2) is 10.1 Å². The zero-order valence-electron chi connectivity index (χ0n) is 9.60. The van der Waals surface area contributed by atoms with Crippen molar-refractivity contribution in [3.05, 3.63) is 65.2 Å². The van der Waals surface area contributed by atoms with Gasteiger partial charge in [-0.3, -0.25) is 4.98 Å². The molecule has 0 radical (unpaired) electrons. The Morgan fingerprint density at radius 3 is 2.82 bits per heavy atom. The first-order valence-corrected chi connectivity index (χ1v) is 5.50. The van der Waals surface area contributed by atoms with Crippen molar-refractivity contribution in [1.29, 1.82) is 0 Å². The quantitative estimate of drug-likeness (QED) is 0.881. The molecule has 1 aromatic heterocycles. The lowest BCUT2D eigenvalue weighted by Crippen LogP contribution is -2.03. The number of pyridine rings is 1. The van der Waals surface area contributed by atoms with E-state index in [1.165, 1.54) is 6.07 Å². The molecule has 88 valence electrons. The summed E-state index contributed by atoms with van der Waals surface area (Å²) in [7, 11) is 0. The van der Waals surface area contributed by atoms with E-state index in [9.17, 15) is 9.50 Å². The van der Waals surface area contributed by atoms with E-state index in [-0.39, 0.29) is 5.82 Å². The van der Waals surface area contributed by atoms with E-state index in [0.29, 0.717) is 17.5 Å². The molecule has 0 amide bonds. The van der Waals surface area contributed by atoms with E-state index in [0.717, 1.165) is 5.56 Å². The van der Waals surface area contributed by atoms with Crippen molar-refractivity contribution in [3.8, 4) is 0 Å². The van der Waals surface area contributed by atoms with Crippen LogP contribution in [0, 0.1) is 12.7 Å². The van der Waals surface area contributed by atoms with Gasteiger partial charge in [0.2, 0.25) is 0 Å². The second-order valence-electron chi connectivity index (χ2n) is 4.09. The number of rotatable bonds is 3.